The van der Waals surface area contributed by atoms with E-state index in [2.05, 4.69) is 10.3 Å². The van der Waals surface area contributed by atoms with Gasteiger partial charge in [0.2, 0.25) is 5.91 Å². The Balaban J connectivity index is 1.41. The number of fused-ring (bicyclic) bond motifs is 2. The second-order valence-corrected chi connectivity index (χ2v) is 9.25. The maximum atomic E-state index is 13.1. The first kappa shape index (κ1) is 23.0. The highest BCUT2D eigenvalue weighted by molar-refractivity contribution is 7.09. The second kappa shape index (κ2) is 9.85. The molecular weight excluding hydrogens is 462 g/mol. The van der Waals surface area contributed by atoms with Crippen LogP contribution in [0.15, 0.2) is 66.0 Å². The Morgan fingerprint density at radius 1 is 1.17 bits per heavy atom. The van der Waals surface area contributed by atoms with Gasteiger partial charge in [-0.1, -0.05) is 36.4 Å². The molecule has 1 atom stereocenters. The van der Waals surface area contributed by atoms with Crippen LogP contribution in [0.1, 0.15) is 11.9 Å². The number of nitrogens with one attached hydrogen (secondary N) is 1. The predicted molar refractivity (Wildman–Crippen MR) is 138 cm³/mol. The van der Waals surface area contributed by atoms with E-state index < -0.39 is 6.10 Å². The SMILES string of the molecule is COCCc1nc(-c2ccc3c(c2)N(CC(=O)Nc2cccc4ccccc24)C(=O)C(C)O3)cs1. The molecule has 0 bridgehead atoms. The van der Waals surface area contributed by atoms with E-state index in [9.17, 15) is 9.59 Å². The molecule has 8 heteroatoms. The number of amides is 2. The van der Waals surface area contributed by atoms with Crippen LogP contribution in [-0.2, 0) is 20.7 Å². The molecule has 35 heavy (non-hydrogen) atoms. The first-order valence-corrected chi connectivity index (χ1v) is 12.2. The number of ether oxygens (including phenoxy) is 2. The van der Waals surface area contributed by atoms with E-state index in [4.69, 9.17) is 9.47 Å². The molecule has 4 aromatic rings. The molecule has 0 saturated heterocycles. The summed E-state index contributed by atoms with van der Waals surface area (Å²) < 4.78 is 11.0. The maximum Gasteiger partial charge on any atom is 0.268 e. The van der Waals surface area contributed by atoms with Crippen molar-refractivity contribution >= 4 is 45.3 Å². The van der Waals surface area contributed by atoms with Gasteiger partial charge in [0, 0.05) is 35.5 Å². The van der Waals surface area contributed by atoms with Crippen molar-refractivity contribution in [3.63, 3.8) is 0 Å². The lowest BCUT2D eigenvalue weighted by molar-refractivity contribution is -0.127. The van der Waals surface area contributed by atoms with Crippen molar-refractivity contribution in [2.75, 3.05) is 30.5 Å². The highest BCUT2D eigenvalue weighted by Crippen LogP contribution is 2.38. The molecule has 1 unspecified atom stereocenters. The first-order chi connectivity index (χ1) is 17.0. The lowest BCUT2D eigenvalue weighted by Gasteiger charge is -2.33. The molecule has 0 fully saturated rings. The molecule has 2 heterocycles. The minimum atomic E-state index is -0.682. The van der Waals surface area contributed by atoms with E-state index >= 15 is 0 Å². The summed E-state index contributed by atoms with van der Waals surface area (Å²) >= 11 is 1.57. The average molecular weight is 488 g/mol. The zero-order valence-corrected chi connectivity index (χ0v) is 20.3. The minimum Gasteiger partial charge on any atom is -0.479 e. The number of hydrogen-bond acceptors (Lipinski definition) is 6. The maximum absolute atomic E-state index is 13.1. The van der Waals surface area contributed by atoms with Crippen LogP contribution < -0.4 is 15.0 Å². The Morgan fingerprint density at radius 2 is 2.00 bits per heavy atom. The van der Waals surface area contributed by atoms with Gasteiger partial charge in [0.1, 0.15) is 12.3 Å². The molecule has 2 amide bonds. The van der Waals surface area contributed by atoms with E-state index in [0.29, 0.717) is 23.7 Å². The topological polar surface area (TPSA) is 80.8 Å². The van der Waals surface area contributed by atoms with Crippen molar-refractivity contribution in [1.29, 1.82) is 0 Å². The molecule has 0 aliphatic carbocycles. The van der Waals surface area contributed by atoms with E-state index in [0.717, 1.165) is 33.5 Å². The van der Waals surface area contributed by atoms with Crippen LogP contribution >= 0.6 is 11.3 Å². The number of thiazole rings is 1. The van der Waals surface area contributed by atoms with E-state index in [-0.39, 0.29) is 18.4 Å². The molecule has 1 aliphatic rings. The quantitative estimate of drug-likeness (QED) is 0.401. The van der Waals surface area contributed by atoms with Gasteiger partial charge in [0.25, 0.3) is 5.91 Å². The molecule has 0 spiro atoms. The molecule has 1 aliphatic heterocycles. The number of nitrogens with zero attached hydrogens (tertiary/aromatic N) is 2. The summed E-state index contributed by atoms with van der Waals surface area (Å²) in [4.78, 5) is 32.3. The fourth-order valence-electron chi connectivity index (χ4n) is 4.14. The molecule has 7 nitrogen and oxygen atoms in total. The molecule has 1 N–H and O–H groups in total. The second-order valence-electron chi connectivity index (χ2n) is 8.31. The van der Waals surface area contributed by atoms with Crippen LogP contribution in [0.25, 0.3) is 22.0 Å². The Hall–Kier alpha value is -3.75. The molecule has 0 saturated carbocycles. The van der Waals surface area contributed by atoms with Gasteiger partial charge in [-0.2, -0.15) is 0 Å². The normalized spacial score (nSPS) is 15.1. The van der Waals surface area contributed by atoms with Gasteiger partial charge >= 0.3 is 0 Å². The van der Waals surface area contributed by atoms with Crippen LogP contribution in [0.2, 0.25) is 0 Å². The number of anilines is 2. The third-order valence-corrected chi connectivity index (χ3v) is 6.81. The Labute approximate surface area is 207 Å². The Kier molecular flexibility index (Phi) is 6.48. The predicted octanol–water partition coefficient (Wildman–Crippen LogP) is 4.90. The number of benzene rings is 3. The van der Waals surface area contributed by atoms with Crippen molar-refractivity contribution in [2.45, 2.75) is 19.4 Å². The largest absolute Gasteiger partial charge is 0.479 e. The summed E-state index contributed by atoms with van der Waals surface area (Å²) in [7, 11) is 1.67. The number of rotatable bonds is 7. The van der Waals surface area contributed by atoms with Gasteiger partial charge in [-0.25, -0.2) is 4.98 Å². The van der Waals surface area contributed by atoms with Gasteiger partial charge in [0.15, 0.2) is 6.10 Å². The average Bonchev–Trinajstić information content (AvgIpc) is 3.34. The summed E-state index contributed by atoms with van der Waals surface area (Å²) in [6.07, 6.45) is 0.0599. The third kappa shape index (κ3) is 4.76. The lowest BCUT2D eigenvalue weighted by Crippen LogP contribution is -2.47. The number of methoxy groups -OCH3 is 1. The summed E-state index contributed by atoms with van der Waals surface area (Å²) in [5, 5.41) is 7.91. The summed E-state index contributed by atoms with van der Waals surface area (Å²) in [6.45, 7) is 2.18. The molecule has 178 valence electrons. The number of hydrogen-bond donors (Lipinski definition) is 1. The zero-order valence-electron chi connectivity index (χ0n) is 19.5. The Morgan fingerprint density at radius 3 is 2.86 bits per heavy atom. The summed E-state index contributed by atoms with van der Waals surface area (Å²) in [6, 6.07) is 19.2. The van der Waals surface area contributed by atoms with Crippen LogP contribution in [0.5, 0.6) is 5.75 Å². The molecule has 0 radical (unpaired) electrons. The van der Waals surface area contributed by atoms with E-state index in [1.54, 1.807) is 25.4 Å². The zero-order chi connectivity index (χ0) is 24.4. The van der Waals surface area contributed by atoms with E-state index in [1.807, 2.05) is 66.0 Å². The standard InChI is InChI=1S/C27H25N3O4S/c1-17-27(32)30(15-25(31)28-21-9-5-7-18-6-3-4-8-20(18)21)23-14-19(10-11-24(23)34-17)22-16-35-26(29-22)12-13-33-2/h3-11,14,16-17H,12-13,15H2,1-2H3,(H,28,31). The molecule has 5 rings (SSSR count). The van der Waals surface area contributed by atoms with Crippen LogP contribution in [0.3, 0.4) is 0 Å². The number of carbonyl (C=O) groups is 2. The van der Waals surface area contributed by atoms with Crippen LogP contribution in [0.4, 0.5) is 11.4 Å². The monoisotopic (exact) mass is 487 g/mol. The fraction of sp³-hybridized carbons (Fsp3) is 0.222. The molecular formula is C27H25N3O4S. The fourth-order valence-corrected chi connectivity index (χ4v) is 4.93. The van der Waals surface area contributed by atoms with Gasteiger partial charge in [-0.3, -0.25) is 14.5 Å². The van der Waals surface area contributed by atoms with Gasteiger partial charge < -0.3 is 14.8 Å². The third-order valence-electron chi connectivity index (χ3n) is 5.90. The van der Waals surface area contributed by atoms with E-state index in [1.165, 1.54) is 4.90 Å². The Bertz CT molecular complexity index is 1390. The van der Waals surface area contributed by atoms with Crippen molar-refractivity contribution in [2.24, 2.45) is 0 Å². The smallest absolute Gasteiger partial charge is 0.268 e. The van der Waals surface area contributed by atoms with Crippen molar-refractivity contribution in [3.05, 3.63) is 71.1 Å². The highest BCUT2D eigenvalue weighted by atomic mass is 32.1. The van der Waals surface area contributed by atoms with Gasteiger partial charge in [0.05, 0.1) is 23.0 Å². The highest BCUT2D eigenvalue weighted by Gasteiger charge is 2.33. The summed E-state index contributed by atoms with van der Waals surface area (Å²) in [5.41, 5.74) is 2.94. The van der Waals surface area contributed by atoms with Gasteiger partial charge in [-0.15, -0.1) is 11.3 Å². The summed E-state index contributed by atoms with van der Waals surface area (Å²) in [5.74, 6) is 0.0195. The van der Waals surface area contributed by atoms with Crippen molar-refractivity contribution < 1.29 is 19.1 Å². The first-order valence-electron chi connectivity index (χ1n) is 11.4. The van der Waals surface area contributed by atoms with Crippen LogP contribution in [0, 0.1) is 0 Å². The number of aromatic nitrogens is 1. The van der Waals surface area contributed by atoms with Gasteiger partial charge in [-0.05, 0) is 36.6 Å². The van der Waals surface area contributed by atoms with Crippen molar-refractivity contribution in [3.8, 4) is 17.0 Å². The molecule has 3 aromatic carbocycles. The minimum absolute atomic E-state index is 0.123. The van der Waals surface area contributed by atoms with Crippen molar-refractivity contribution in [1.82, 2.24) is 4.98 Å². The molecule has 1 aromatic heterocycles. The van der Waals surface area contributed by atoms with Crippen LogP contribution in [-0.4, -0.2) is 43.2 Å². The lowest BCUT2D eigenvalue weighted by atomic mass is 10.1. The number of carbonyl (C=O) groups excluding carboxylic acids is 2.